The van der Waals surface area contributed by atoms with E-state index in [0.717, 1.165) is 12.0 Å². The third-order valence-corrected chi connectivity index (χ3v) is 4.04. The summed E-state index contributed by atoms with van der Waals surface area (Å²) >= 11 is 0. The molecule has 1 fully saturated rings. The highest BCUT2D eigenvalue weighted by Crippen LogP contribution is 2.48. The molecular formula is C15H19FO3. The van der Waals surface area contributed by atoms with Gasteiger partial charge in [-0.3, -0.25) is 4.79 Å². The van der Waals surface area contributed by atoms with Gasteiger partial charge in [0.2, 0.25) is 0 Å². The van der Waals surface area contributed by atoms with Gasteiger partial charge in [0, 0.05) is 11.6 Å². The molecule has 104 valence electrons. The Kier molecular flexibility index (Phi) is 3.52. The van der Waals surface area contributed by atoms with E-state index in [0.29, 0.717) is 24.2 Å². The third-order valence-electron chi connectivity index (χ3n) is 4.04. The first-order valence-corrected chi connectivity index (χ1v) is 6.53. The molecule has 1 aliphatic carbocycles. The van der Waals surface area contributed by atoms with Crippen molar-refractivity contribution in [2.75, 3.05) is 7.11 Å². The van der Waals surface area contributed by atoms with Crippen molar-refractivity contribution in [3.8, 4) is 5.75 Å². The van der Waals surface area contributed by atoms with E-state index in [-0.39, 0.29) is 5.92 Å². The van der Waals surface area contributed by atoms with E-state index < -0.39 is 17.2 Å². The summed E-state index contributed by atoms with van der Waals surface area (Å²) in [5.41, 5.74) is 0.457. The molecule has 0 heterocycles. The monoisotopic (exact) mass is 266 g/mol. The normalized spacial score (nSPS) is 17.1. The van der Waals surface area contributed by atoms with E-state index in [9.17, 15) is 14.3 Å². The van der Waals surface area contributed by atoms with E-state index in [1.54, 1.807) is 0 Å². The van der Waals surface area contributed by atoms with Crippen LogP contribution in [0.5, 0.6) is 5.75 Å². The highest BCUT2D eigenvalue weighted by molar-refractivity contribution is 5.83. The first-order valence-electron chi connectivity index (χ1n) is 6.53. The fourth-order valence-electron chi connectivity index (χ4n) is 2.88. The number of hydrogen-bond donors (Lipinski definition) is 1. The maximum atomic E-state index is 13.7. The number of rotatable bonds is 4. The van der Waals surface area contributed by atoms with Crippen molar-refractivity contribution >= 4 is 5.97 Å². The Hall–Kier alpha value is -1.58. The van der Waals surface area contributed by atoms with Crippen molar-refractivity contribution in [1.82, 2.24) is 0 Å². The number of carboxylic acid groups (broad SMARTS) is 1. The summed E-state index contributed by atoms with van der Waals surface area (Å²) in [4.78, 5) is 11.6. The van der Waals surface area contributed by atoms with E-state index in [1.807, 2.05) is 13.8 Å². The molecule has 0 aromatic heterocycles. The maximum Gasteiger partial charge on any atom is 0.314 e. The molecular weight excluding hydrogens is 247 g/mol. The first kappa shape index (κ1) is 13.8. The molecule has 1 aromatic carbocycles. The Balaban J connectivity index is 2.67. The molecule has 2 rings (SSSR count). The summed E-state index contributed by atoms with van der Waals surface area (Å²) in [6, 6.07) is 2.69. The molecule has 1 aliphatic rings. The molecule has 19 heavy (non-hydrogen) atoms. The van der Waals surface area contributed by atoms with Gasteiger partial charge in [0.15, 0.2) is 0 Å². The number of aliphatic carboxylic acids is 1. The summed E-state index contributed by atoms with van der Waals surface area (Å²) in [5, 5.41) is 9.53. The van der Waals surface area contributed by atoms with Crippen molar-refractivity contribution in [2.45, 2.75) is 44.4 Å². The van der Waals surface area contributed by atoms with Gasteiger partial charge in [0.05, 0.1) is 12.5 Å². The Morgan fingerprint density at radius 1 is 1.42 bits per heavy atom. The molecule has 0 saturated heterocycles. The minimum atomic E-state index is -0.936. The van der Waals surface area contributed by atoms with Gasteiger partial charge in [0.1, 0.15) is 11.6 Å². The van der Waals surface area contributed by atoms with Crippen LogP contribution in [0.2, 0.25) is 0 Å². The largest absolute Gasteiger partial charge is 0.496 e. The Labute approximate surface area is 112 Å². The second-order valence-electron chi connectivity index (χ2n) is 5.46. The number of hydrogen-bond acceptors (Lipinski definition) is 2. The van der Waals surface area contributed by atoms with Gasteiger partial charge in [-0.15, -0.1) is 0 Å². The average molecular weight is 266 g/mol. The number of methoxy groups -OCH3 is 1. The molecule has 0 unspecified atom stereocenters. The number of halogens is 1. The van der Waals surface area contributed by atoms with Crippen LogP contribution in [0.1, 0.15) is 50.2 Å². The van der Waals surface area contributed by atoms with Crippen LogP contribution in [0.15, 0.2) is 12.1 Å². The summed E-state index contributed by atoms with van der Waals surface area (Å²) < 4.78 is 19.0. The van der Waals surface area contributed by atoms with Gasteiger partial charge in [-0.1, -0.05) is 20.3 Å². The van der Waals surface area contributed by atoms with Crippen molar-refractivity contribution in [2.24, 2.45) is 0 Å². The minimum Gasteiger partial charge on any atom is -0.496 e. The molecule has 1 aromatic rings. The van der Waals surface area contributed by atoms with E-state index in [4.69, 9.17) is 4.74 Å². The highest BCUT2D eigenvalue weighted by Gasteiger charge is 2.48. The van der Waals surface area contributed by atoms with Crippen molar-refractivity contribution < 1.29 is 19.0 Å². The summed E-state index contributed by atoms with van der Waals surface area (Å²) in [6.07, 6.45) is 1.99. The van der Waals surface area contributed by atoms with Crippen molar-refractivity contribution in [3.63, 3.8) is 0 Å². The van der Waals surface area contributed by atoms with Crippen LogP contribution in [0.3, 0.4) is 0 Å². The predicted octanol–water partition coefficient (Wildman–Crippen LogP) is 3.46. The summed E-state index contributed by atoms with van der Waals surface area (Å²) in [5.74, 6) is -0.781. The minimum absolute atomic E-state index is 0.0855. The van der Waals surface area contributed by atoms with E-state index >= 15 is 0 Å². The lowest BCUT2D eigenvalue weighted by Gasteiger charge is -2.40. The van der Waals surface area contributed by atoms with Gasteiger partial charge < -0.3 is 9.84 Å². The van der Waals surface area contributed by atoms with Crippen molar-refractivity contribution in [3.05, 3.63) is 29.1 Å². The molecule has 3 nitrogen and oxygen atoms in total. The van der Waals surface area contributed by atoms with E-state index in [1.165, 1.54) is 19.2 Å². The lowest BCUT2D eigenvalue weighted by molar-refractivity contribution is -0.147. The molecule has 0 spiro atoms. The zero-order valence-electron chi connectivity index (χ0n) is 11.5. The number of benzene rings is 1. The van der Waals surface area contributed by atoms with Crippen LogP contribution in [0, 0.1) is 5.82 Å². The predicted molar refractivity (Wildman–Crippen MR) is 70.2 cm³/mol. The molecule has 1 saturated carbocycles. The Bertz CT molecular complexity index is 504. The fraction of sp³-hybridized carbons (Fsp3) is 0.533. The third kappa shape index (κ3) is 2.09. The lowest BCUT2D eigenvalue weighted by atomic mass is 9.62. The van der Waals surface area contributed by atoms with Crippen LogP contribution < -0.4 is 4.74 Å². The molecule has 0 radical (unpaired) electrons. The molecule has 4 heteroatoms. The fourth-order valence-corrected chi connectivity index (χ4v) is 2.88. The second kappa shape index (κ2) is 4.83. The van der Waals surface area contributed by atoms with Gasteiger partial charge in [-0.05, 0) is 30.4 Å². The van der Waals surface area contributed by atoms with E-state index in [2.05, 4.69) is 0 Å². The zero-order chi connectivity index (χ0) is 14.2. The van der Waals surface area contributed by atoms with Gasteiger partial charge in [-0.25, -0.2) is 4.39 Å². The van der Waals surface area contributed by atoms with Crippen LogP contribution in [0.25, 0.3) is 0 Å². The quantitative estimate of drug-likeness (QED) is 0.907. The van der Waals surface area contributed by atoms with Crippen LogP contribution >= 0.6 is 0 Å². The molecule has 0 aliphatic heterocycles. The smallest absolute Gasteiger partial charge is 0.314 e. The van der Waals surface area contributed by atoms with Crippen molar-refractivity contribution in [1.29, 1.82) is 0 Å². The zero-order valence-corrected chi connectivity index (χ0v) is 11.5. The van der Waals surface area contributed by atoms with Gasteiger partial charge in [-0.2, -0.15) is 0 Å². The maximum absolute atomic E-state index is 13.7. The number of carboxylic acids is 1. The molecule has 0 atom stereocenters. The number of ether oxygens (including phenoxy) is 1. The van der Waals surface area contributed by atoms with Crippen LogP contribution in [-0.4, -0.2) is 18.2 Å². The van der Waals surface area contributed by atoms with Crippen LogP contribution in [0.4, 0.5) is 4.39 Å². The molecule has 1 N–H and O–H groups in total. The summed E-state index contributed by atoms with van der Waals surface area (Å²) in [6.45, 7) is 3.93. The lowest BCUT2D eigenvalue weighted by Crippen LogP contribution is -2.43. The highest BCUT2D eigenvalue weighted by atomic mass is 19.1. The summed E-state index contributed by atoms with van der Waals surface area (Å²) in [7, 11) is 1.48. The second-order valence-corrected chi connectivity index (χ2v) is 5.46. The Morgan fingerprint density at radius 2 is 2.05 bits per heavy atom. The number of carbonyl (C=O) groups is 1. The average Bonchev–Trinajstić information content (AvgIpc) is 2.25. The topological polar surface area (TPSA) is 46.5 Å². The molecule has 0 amide bonds. The van der Waals surface area contributed by atoms with Crippen LogP contribution in [-0.2, 0) is 10.2 Å². The SMILES string of the molecule is COc1cc(F)cc(C2(C(=O)O)CCC2)c1C(C)C. The Morgan fingerprint density at radius 3 is 2.42 bits per heavy atom. The first-order chi connectivity index (χ1) is 8.92. The molecule has 0 bridgehead atoms. The van der Waals surface area contributed by atoms with Gasteiger partial charge in [0.25, 0.3) is 0 Å². The van der Waals surface area contributed by atoms with Gasteiger partial charge >= 0.3 is 5.97 Å². The standard InChI is InChI=1S/C15H19FO3/c1-9(2)13-11(7-10(16)8-12(13)19-3)15(14(17)18)5-4-6-15/h7-9H,4-6H2,1-3H3,(H,17,18).